The third-order valence-electron chi connectivity index (χ3n) is 13.9. The summed E-state index contributed by atoms with van der Waals surface area (Å²) in [6.45, 7) is 40.9. The lowest BCUT2D eigenvalue weighted by atomic mass is 9.92. The molecule has 0 aromatic carbocycles. The van der Waals surface area contributed by atoms with E-state index in [1.54, 1.807) is 0 Å². The number of hydrogen-bond donors (Lipinski definition) is 0. The summed E-state index contributed by atoms with van der Waals surface area (Å²) in [4.78, 5) is 0. The summed E-state index contributed by atoms with van der Waals surface area (Å²) < 4.78 is 0. The van der Waals surface area contributed by atoms with Crippen molar-refractivity contribution in [1.82, 2.24) is 0 Å². The standard InChI is InChI=1S/7C8H12.2C8H10/c3*1-7-3-5-8(2)6-4-7;1-7-4-3-5-8(2)6-7;2*1-7-5-3-4-6-8(7)2;3*1-2-8-6-4-3-5-7-8/h3,6H,4-5H2,1-2H3;3,5H,4,6H2,1-2H3;1-6H2;4-5H,3,6H2,1-2H3;5-6H,3-4H2,1-2H3;3-8H,1-2H3;2,4,6,8H,1,3,5,7H2;2-4,7H,1,5-6H2;2-6,8H,1,7H2. The molecule has 9 rings (SSSR count). The maximum absolute atomic E-state index is 3.91. The lowest BCUT2D eigenvalue weighted by Crippen LogP contribution is -2.03. The van der Waals surface area contributed by atoms with Crippen LogP contribution in [0.25, 0.3) is 0 Å². The zero-order valence-electron chi connectivity index (χ0n) is 47.9. The summed E-state index contributed by atoms with van der Waals surface area (Å²) in [6, 6.07) is 0. The fraction of sp³-hybridized carbons (Fsp3) is 0.444. The molecule has 0 aromatic rings. The van der Waals surface area contributed by atoms with Crippen molar-refractivity contribution in [2.24, 2.45) is 23.7 Å². The van der Waals surface area contributed by atoms with Crippen molar-refractivity contribution in [1.29, 1.82) is 0 Å². The molecule has 0 aromatic heterocycles. The first-order valence-electron chi connectivity index (χ1n) is 27.8. The van der Waals surface area contributed by atoms with Gasteiger partial charge in [0.05, 0.1) is 0 Å². The summed E-state index contributed by atoms with van der Waals surface area (Å²) in [7, 11) is 0. The summed E-state index contributed by atoms with van der Waals surface area (Å²) in [5, 5.41) is 0. The molecule has 0 saturated heterocycles. The van der Waals surface area contributed by atoms with Crippen molar-refractivity contribution in [3.8, 4) is 0 Å². The van der Waals surface area contributed by atoms with Gasteiger partial charge in [-0.25, -0.2) is 0 Å². The third-order valence-corrected chi connectivity index (χ3v) is 13.9. The second-order valence-corrected chi connectivity index (χ2v) is 21.0. The van der Waals surface area contributed by atoms with Gasteiger partial charge in [-0.05, 0) is 200 Å². The molecule has 9 aliphatic rings. The maximum atomic E-state index is 3.91. The highest BCUT2D eigenvalue weighted by Gasteiger charge is 2.07. The quantitative estimate of drug-likeness (QED) is 0.247. The molecule has 392 valence electrons. The molecule has 0 N–H and O–H groups in total. The van der Waals surface area contributed by atoms with E-state index in [2.05, 4.69) is 230 Å². The van der Waals surface area contributed by atoms with E-state index in [9.17, 15) is 0 Å². The Labute approximate surface area is 446 Å². The van der Waals surface area contributed by atoms with Crippen LogP contribution < -0.4 is 0 Å². The average Bonchev–Trinajstić information content (AvgIpc) is 3.40. The SMILES string of the molecule is C=C1CCC(=C)CC1.C=CC1=CCC=CC1.C=CC1C=CC=CC1.C=CC1C=CCCC1.CC1=CC=C(C)CC1.CC1=CCC(C)=CC1.CC1=CCC=C(C)C1.CC1=CCCC=C1C.CC1C=CC=CC1C. The van der Waals surface area contributed by atoms with Crippen LogP contribution >= 0.6 is 0 Å². The monoisotopic (exact) mass is 969 g/mol. The Kier molecular flexibility index (Phi) is 37.2. The number of hydrogen-bond acceptors (Lipinski definition) is 0. The van der Waals surface area contributed by atoms with Crippen LogP contribution in [-0.4, -0.2) is 0 Å². The van der Waals surface area contributed by atoms with Gasteiger partial charge in [0.25, 0.3) is 0 Å². The van der Waals surface area contributed by atoms with Gasteiger partial charge in [-0.15, -0.1) is 13.2 Å². The lowest BCUT2D eigenvalue weighted by Gasteiger charge is -2.13. The van der Waals surface area contributed by atoms with Crippen molar-refractivity contribution in [3.05, 3.63) is 240 Å². The van der Waals surface area contributed by atoms with Crippen LogP contribution in [0.15, 0.2) is 240 Å². The summed E-state index contributed by atoms with van der Waals surface area (Å²) >= 11 is 0. The van der Waals surface area contributed by atoms with E-state index in [0.717, 1.165) is 37.5 Å². The molecule has 4 unspecified atom stereocenters. The molecular formula is C72H104. The van der Waals surface area contributed by atoms with Crippen LogP contribution in [0.5, 0.6) is 0 Å². The molecule has 0 aliphatic heterocycles. The van der Waals surface area contributed by atoms with Crippen molar-refractivity contribution < 1.29 is 0 Å². The van der Waals surface area contributed by atoms with Gasteiger partial charge in [-0.1, -0.05) is 235 Å². The highest BCUT2D eigenvalue weighted by atomic mass is 14.1. The molecule has 1 fully saturated rings. The second kappa shape index (κ2) is 41.3. The van der Waals surface area contributed by atoms with E-state index < -0.39 is 0 Å². The topological polar surface area (TPSA) is 0 Å². The van der Waals surface area contributed by atoms with E-state index in [-0.39, 0.29) is 0 Å². The van der Waals surface area contributed by atoms with Crippen molar-refractivity contribution >= 4 is 0 Å². The Bertz CT molecular complexity index is 2010. The molecule has 0 nitrogen and oxygen atoms in total. The highest BCUT2D eigenvalue weighted by molar-refractivity contribution is 5.29. The molecule has 72 heavy (non-hydrogen) atoms. The van der Waals surface area contributed by atoms with E-state index in [4.69, 9.17) is 0 Å². The van der Waals surface area contributed by atoms with Crippen LogP contribution in [0.3, 0.4) is 0 Å². The molecule has 0 heterocycles. The van der Waals surface area contributed by atoms with Gasteiger partial charge >= 0.3 is 0 Å². The molecule has 0 radical (unpaired) electrons. The Morgan fingerprint density at radius 2 is 0.958 bits per heavy atom. The minimum Gasteiger partial charge on any atom is -0.102 e. The van der Waals surface area contributed by atoms with Crippen molar-refractivity contribution in [2.45, 2.75) is 185 Å². The van der Waals surface area contributed by atoms with Crippen molar-refractivity contribution in [3.63, 3.8) is 0 Å². The first-order chi connectivity index (χ1) is 34.6. The summed E-state index contributed by atoms with van der Waals surface area (Å²) in [5.41, 5.74) is 16.1. The minimum atomic E-state index is 0.583. The predicted octanol–water partition coefficient (Wildman–Crippen LogP) is 23.0. The van der Waals surface area contributed by atoms with Crippen LogP contribution in [-0.2, 0) is 0 Å². The van der Waals surface area contributed by atoms with E-state index in [1.165, 1.54) is 151 Å². The molecule has 1 saturated carbocycles. The van der Waals surface area contributed by atoms with Gasteiger partial charge in [0.1, 0.15) is 0 Å². The summed E-state index contributed by atoms with van der Waals surface area (Å²) in [6.07, 6.45) is 73.9. The van der Waals surface area contributed by atoms with E-state index >= 15 is 0 Å². The first kappa shape index (κ1) is 64.8. The number of rotatable bonds is 3. The van der Waals surface area contributed by atoms with Gasteiger partial charge in [-0.3, -0.25) is 0 Å². The number of allylic oxidation sites excluding steroid dienone is 35. The Morgan fingerprint density at radius 3 is 1.25 bits per heavy atom. The van der Waals surface area contributed by atoms with Gasteiger partial charge in [-0.2, -0.15) is 0 Å². The third kappa shape index (κ3) is 35.0. The van der Waals surface area contributed by atoms with Crippen LogP contribution in [0, 0.1) is 23.7 Å². The maximum Gasteiger partial charge on any atom is -0.00184 e. The average molecular weight is 970 g/mol. The van der Waals surface area contributed by atoms with Crippen LogP contribution in [0.2, 0.25) is 0 Å². The predicted molar refractivity (Wildman–Crippen MR) is 330 cm³/mol. The zero-order valence-corrected chi connectivity index (χ0v) is 47.9. The van der Waals surface area contributed by atoms with Crippen LogP contribution in [0.4, 0.5) is 0 Å². The largest absolute Gasteiger partial charge is 0.102 e. The fourth-order valence-corrected chi connectivity index (χ4v) is 8.03. The van der Waals surface area contributed by atoms with Gasteiger partial charge in [0.15, 0.2) is 0 Å². The van der Waals surface area contributed by atoms with Gasteiger partial charge in [0, 0.05) is 0 Å². The normalized spacial score (nSPS) is 23.1. The molecule has 0 amide bonds. The second-order valence-electron chi connectivity index (χ2n) is 21.0. The zero-order chi connectivity index (χ0) is 53.4. The first-order valence-corrected chi connectivity index (χ1v) is 27.8. The molecule has 0 bridgehead atoms. The van der Waals surface area contributed by atoms with Crippen molar-refractivity contribution in [2.75, 3.05) is 0 Å². The van der Waals surface area contributed by atoms with Gasteiger partial charge in [0.2, 0.25) is 0 Å². The molecule has 9 aliphatic carbocycles. The lowest BCUT2D eigenvalue weighted by molar-refractivity contribution is 0.552. The molecule has 4 atom stereocenters. The highest BCUT2D eigenvalue weighted by Crippen LogP contribution is 2.25. The molecule has 0 spiro atoms. The Hall–Kier alpha value is -5.20. The van der Waals surface area contributed by atoms with Crippen LogP contribution in [0.1, 0.15) is 185 Å². The fourth-order valence-electron chi connectivity index (χ4n) is 8.03. The minimum absolute atomic E-state index is 0.583. The smallest absolute Gasteiger partial charge is 0.00184 e. The van der Waals surface area contributed by atoms with E-state index in [1.807, 2.05) is 18.2 Å². The van der Waals surface area contributed by atoms with E-state index in [0.29, 0.717) is 11.8 Å². The molecule has 0 heteroatoms. The summed E-state index contributed by atoms with van der Waals surface area (Å²) in [5.74, 6) is 2.73. The van der Waals surface area contributed by atoms with Gasteiger partial charge < -0.3 is 0 Å². The molecular weight excluding hydrogens is 865 g/mol. The Balaban J connectivity index is 0.000000405. The Morgan fingerprint density at radius 1 is 0.444 bits per heavy atom.